The molecule has 0 amide bonds. The van der Waals surface area contributed by atoms with Crippen LogP contribution in [0.15, 0.2) is 42.5 Å². The molecule has 0 radical (unpaired) electrons. The first-order valence-electron chi connectivity index (χ1n) is 9.81. The average Bonchev–Trinajstić information content (AvgIpc) is 3.17. The van der Waals surface area contributed by atoms with Gasteiger partial charge in [0.25, 0.3) is 0 Å². The standard InChI is InChI=1S/C22H24N4O/c1-27-19-7-3-2-6-17(19)18-14-26(20-8-4-5-16(13-23)24-20)21-15-9-11-25(12-10-15)22(18)21/h2-8,15,18,21-22H,9-12,14H2,1H3/t18-,21-,22-/m0/s1. The molecule has 3 atom stereocenters. The highest BCUT2D eigenvalue weighted by Crippen LogP contribution is 2.49. The number of aromatic nitrogens is 1. The van der Waals surface area contributed by atoms with Gasteiger partial charge in [-0.25, -0.2) is 4.98 Å². The highest BCUT2D eigenvalue weighted by atomic mass is 16.5. The third-order valence-electron chi connectivity index (χ3n) is 6.68. The van der Waals surface area contributed by atoms with Crippen molar-refractivity contribution in [2.45, 2.75) is 30.8 Å². The number of ether oxygens (including phenoxy) is 1. The van der Waals surface area contributed by atoms with E-state index < -0.39 is 0 Å². The molecule has 5 heterocycles. The second-order valence-electron chi connectivity index (χ2n) is 7.85. The lowest BCUT2D eigenvalue weighted by molar-refractivity contribution is 0.0352. The maximum atomic E-state index is 9.29. The van der Waals surface area contributed by atoms with Crippen LogP contribution in [0.1, 0.15) is 30.0 Å². The molecule has 0 aliphatic carbocycles. The third-order valence-corrected chi connectivity index (χ3v) is 6.68. The first-order valence-corrected chi connectivity index (χ1v) is 9.81. The molecule has 4 aliphatic heterocycles. The van der Waals surface area contributed by atoms with Crippen LogP contribution in [0.5, 0.6) is 5.75 Å². The Morgan fingerprint density at radius 1 is 1.07 bits per heavy atom. The average molecular weight is 360 g/mol. The highest BCUT2D eigenvalue weighted by Gasteiger charge is 2.54. The van der Waals surface area contributed by atoms with E-state index in [4.69, 9.17) is 4.74 Å². The Balaban J connectivity index is 1.59. The smallest absolute Gasteiger partial charge is 0.142 e. The Kier molecular flexibility index (Phi) is 4.02. The zero-order valence-corrected chi connectivity index (χ0v) is 15.6. The predicted octanol–water partition coefficient (Wildman–Crippen LogP) is 3.03. The molecule has 4 aliphatic rings. The molecule has 0 spiro atoms. The van der Waals surface area contributed by atoms with Gasteiger partial charge in [0.2, 0.25) is 0 Å². The topological polar surface area (TPSA) is 52.4 Å². The van der Waals surface area contributed by atoms with Crippen molar-refractivity contribution in [3.8, 4) is 11.8 Å². The zero-order chi connectivity index (χ0) is 18.4. The van der Waals surface area contributed by atoms with Crippen molar-refractivity contribution in [3.05, 3.63) is 53.7 Å². The third kappa shape index (κ3) is 2.59. The van der Waals surface area contributed by atoms with Gasteiger partial charge in [-0.05, 0) is 50.0 Å². The van der Waals surface area contributed by atoms with Crippen LogP contribution in [0, 0.1) is 17.2 Å². The summed E-state index contributed by atoms with van der Waals surface area (Å²) in [5.41, 5.74) is 1.78. The number of methoxy groups -OCH3 is 1. The fraction of sp³-hybridized carbons (Fsp3) is 0.455. The van der Waals surface area contributed by atoms with E-state index in [1.54, 1.807) is 13.2 Å². The Hall–Kier alpha value is -2.58. The van der Waals surface area contributed by atoms with E-state index in [0.29, 0.717) is 29.6 Å². The molecule has 0 N–H and O–H groups in total. The molecule has 0 saturated carbocycles. The number of hydrogen-bond acceptors (Lipinski definition) is 5. The summed E-state index contributed by atoms with van der Waals surface area (Å²) < 4.78 is 5.70. The summed E-state index contributed by atoms with van der Waals surface area (Å²) in [4.78, 5) is 9.78. The number of benzene rings is 1. The molecule has 4 fully saturated rings. The molecular formula is C22H24N4O. The molecule has 27 heavy (non-hydrogen) atoms. The molecular weight excluding hydrogens is 336 g/mol. The van der Waals surface area contributed by atoms with E-state index >= 15 is 0 Å². The van der Waals surface area contributed by atoms with Gasteiger partial charge in [-0.15, -0.1) is 0 Å². The maximum Gasteiger partial charge on any atom is 0.142 e. The summed E-state index contributed by atoms with van der Waals surface area (Å²) in [6, 6.07) is 17.4. The number of piperidine rings is 3. The lowest BCUT2D eigenvalue weighted by atomic mass is 9.75. The van der Waals surface area contributed by atoms with E-state index in [0.717, 1.165) is 18.1 Å². The van der Waals surface area contributed by atoms with Gasteiger partial charge in [0.15, 0.2) is 0 Å². The number of fused-ring (bicyclic) bond motifs is 2. The van der Waals surface area contributed by atoms with E-state index in [9.17, 15) is 5.26 Å². The fourth-order valence-corrected chi connectivity index (χ4v) is 5.57. The normalized spacial score (nSPS) is 31.4. The molecule has 5 heteroatoms. The molecule has 2 bridgehead atoms. The quantitative estimate of drug-likeness (QED) is 0.842. The molecule has 138 valence electrons. The second kappa shape index (κ2) is 6.54. The fourth-order valence-electron chi connectivity index (χ4n) is 5.57. The summed E-state index contributed by atoms with van der Waals surface area (Å²) in [5.74, 6) is 3.01. The summed E-state index contributed by atoms with van der Waals surface area (Å²) in [7, 11) is 1.76. The van der Waals surface area contributed by atoms with E-state index in [-0.39, 0.29) is 0 Å². The number of nitriles is 1. The first kappa shape index (κ1) is 16.6. The van der Waals surface area contributed by atoms with Crippen molar-refractivity contribution in [2.75, 3.05) is 31.6 Å². The summed E-state index contributed by atoms with van der Waals surface area (Å²) in [6.07, 6.45) is 2.52. The van der Waals surface area contributed by atoms with Gasteiger partial charge in [0.1, 0.15) is 23.3 Å². The zero-order valence-electron chi connectivity index (χ0n) is 15.6. The van der Waals surface area contributed by atoms with Crippen molar-refractivity contribution in [1.29, 1.82) is 5.26 Å². The number of anilines is 1. The van der Waals surface area contributed by atoms with Crippen molar-refractivity contribution in [2.24, 2.45) is 5.92 Å². The van der Waals surface area contributed by atoms with Crippen LogP contribution in [0.2, 0.25) is 0 Å². The van der Waals surface area contributed by atoms with Gasteiger partial charge in [0, 0.05) is 30.1 Å². The Morgan fingerprint density at radius 2 is 1.89 bits per heavy atom. The lowest BCUT2D eigenvalue weighted by Gasteiger charge is -2.51. The van der Waals surface area contributed by atoms with Crippen LogP contribution in [-0.4, -0.2) is 48.7 Å². The Labute approximate surface area is 160 Å². The molecule has 1 aromatic carbocycles. The number of hydrogen-bond donors (Lipinski definition) is 0. The molecule has 6 rings (SSSR count). The van der Waals surface area contributed by atoms with Gasteiger partial charge in [-0.2, -0.15) is 5.26 Å². The number of nitrogens with zero attached hydrogens (tertiary/aromatic N) is 4. The number of pyridine rings is 1. The lowest BCUT2D eigenvalue weighted by Crippen LogP contribution is -2.60. The van der Waals surface area contributed by atoms with Crippen molar-refractivity contribution in [1.82, 2.24) is 9.88 Å². The Morgan fingerprint density at radius 3 is 2.67 bits per heavy atom. The number of para-hydroxylation sites is 1. The minimum atomic E-state index is 0.391. The van der Waals surface area contributed by atoms with E-state index in [1.165, 1.54) is 31.5 Å². The minimum Gasteiger partial charge on any atom is -0.496 e. The highest BCUT2D eigenvalue weighted by molar-refractivity contribution is 5.50. The minimum absolute atomic E-state index is 0.391. The van der Waals surface area contributed by atoms with Gasteiger partial charge in [-0.1, -0.05) is 24.3 Å². The molecule has 4 saturated heterocycles. The van der Waals surface area contributed by atoms with Crippen molar-refractivity contribution in [3.63, 3.8) is 0 Å². The predicted molar refractivity (Wildman–Crippen MR) is 104 cm³/mol. The molecule has 0 unspecified atom stereocenters. The van der Waals surface area contributed by atoms with Gasteiger partial charge >= 0.3 is 0 Å². The van der Waals surface area contributed by atoms with Crippen LogP contribution in [0.4, 0.5) is 5.82 Å². The molecule has 2 aromatic rings. The van der Waals surface area contributed by atoms with Crippen molar-refractivity contribution >= 4 is 5.82 Å². The van der Waals surface area contributed by atoms with Gasteiger partial charge < -0.3 is 9.64 Å². The summed E-state index contributed by atoms with van der Waals surface area (Å²) >= 11 is 0. The largest absolute Gasteiger partial charge is 0.496 e. The van der Waals surface area contributed by atoms with E-state index in [2.05, 4.69) is 45.1 Å². The van der Waals surface area contributed by atoms with Crippen LogP contribution < -0.4 is 9.64 Å². The summed E-state index contributed by atoms with van der Waals surface area (Å²) in [5, 5.41) is 9.29. The van der Waals surface area contributed by atoms with Gasteiger partial charge in [0.05, 0.1) is 7.11 Å². The molecule has 5 nitrogen and oxygen atoms in total. The maximum absolute atomic E-state index is 9.29. The number of rotatable bonds is 3. The monoisotopic (exact) mass is 360 g/mol. The van der Waals surface area contributed by atoms with Crippen LogP contribution >= 0.6 is 0 Å². The van der Waals surface area contributed by atoms with Crippen LogP contribution in [0.25, 0.3) is 0 Å². The second-order valence-corrected chi connectivity index (χ2v) is 7.85. The van der Waals surface area contributed by atoms with Crippen LogP contribution in [-0.2, 0) is 0 Å². The van der Waals surface area contributed by atoms with E-state index in [1.807, 2.05) is 12.1 Å². The Bertz CT molecular complexity index is 884. The summed E-state index contributed by atoms with van der Waals surface area (Å²) in [6.45, 7) is 3.30. The SMILES string of the molecule is COc1ccccc1[C@@H]1CN(c2cccc(C#N)n2)[C@H]2C3CCN(CC3)[C@@H]12. The van der Waals surface area contributed by atoms with Crippen LogP contribution in [0.3, 0.4) is 0 Å². The molecule has 1 aromatic heterocycles. The first-order chi connectivity index (χ1) is 13.3. The van der Waals surface area contributed by atoms with Crippen molar-refractivity contribution < 1.29 is 4.74 Å². The van der Waals surface area contributed by atoms with Gasteiger partial charge in [-0.3, -0.25) is 4.90 Å².